The number of ether oxygens (including phenoxy) is 2. The number of aryl methyl sites for hydroxylation is 1. The zero-order valence-electron chi connectivity index (χ0n) is 18.6. The van der Waals surface area contributed by atoms with Crippen molar-refractivity contribution in [2.24, 2.45) is 0 Å². The predicted octanol–water partition coefficient (Wildman–Crippen LogP) is 2.29. The molecule has 0 saturated carbocycles. The van der Waals surface area contributed by atoms with E-state index in [-0.39, 0.29) is 17.1 Å². The van der Waals surface area contributed by atoms with Crippen LogP contribution in [0.2, 0.25) is 0 Å². The molecule has 0 aliphatic rings. The lowest BCUT2D eigenvalue weighted by atomic mass is 9.95. The van der Waals surface area contributed by atoms with Gasteiger partial charge in [-0.2, -0.15) is 0 Å². The minimum absolute atomic E-state index is 0.0189. The first-order chi connectivity index (χ1) is 16.6. The highest BCUT2D eigenvalue weighted by Gasteiger charge is 2.27. The number of nitrogen functional groups attached to an aromatic ring is 1. The number of nitrogens with two attached hydrogens (primary N) is 1. The average molecular weight is 483 g/mol. The quantitative estimate of drug-likeness (QED) is 0.281. The number of H-pyrrole nitrogens is 1. The number of anilines is 2. The van der Waals surface area contributed by atoms with Crippen molar-refractivity contribution >= 4 is 29.4 Å². The van der Waals surface area contributed by atoms with E-state index in [1.807, 2.05) is 24.0 Å². The van der Waals surface area contributed by atoms with Crippen LogP contribution in [0.4, 0.5) is 11.5 Å². The van der Waals surface area contributed by atoms with Gasteiger partial charge in [-0.15, -0.1) is 0 Å². The first kappa shape index (κ1) is 24.6. The fourth-order valence-electron chi connectivity index (χ4n) is 3.18. The summed E-state index contributed by atoms with van der Waals surface area (Å²) in [5.74, 6) is -4.33. The molecule has 182 valence electrons. The molecule has 0 radical (unpaired) electrons. The van der Waals surface area contributed by atoms with Gasteiger partial charge in [0, 0.05) is 5.56 Å². The van der Waals surface area contributed by atoms with Crippen molar-refractivity contribution in [1.29, 1.82) is 0 Å². The Kier molecular flexibility index (Phi) is 7.25. The van der Waals surface area contributed by atoms with Crippen LogP contribution < -0.4 is 26.2 Å². The van der Waals surface area contributed by atoms with Crippen LogP contribution in [0, 0.1) is 6.92 Å². The maximum atomic E-state index is 12.2. The first-order valence-electron chi connectivity index (χ1n) is 9.98. The average Bonchev–Trinajstić information content (AvgIpc) is 2.81. The summed E-state index contributed by atoms with van der Waals surface area (Å²) in [6.07, 6.45) is 0. The summed E-state index contributed by atoms with van der Waals surface area (Å²) >= 11 is 0. The topological polar surface area (TPSA) is 190 Å². The molecule has 0 spiro atoms. The maximum Gasteiger partial charge on any atom is 0.369 e. The fraction of sp³-hybridized carbons (Fsp3) is 0.130. The van der Waals surface area contributed by atoms with Gasteiger partial charge >= 0.3 is 17.9 Å². The number of carboxylic acids is 2. The highest BCUT2D eigenvalue weighted by atomic mass is 16.7. The van der Waals surface area contributed by atoms with Gasteiger partial charge in [0.25, 0.3) is 5.56 Å². The van der Waals surface area contributed by atoms with Gasteiger partial charge in [0.2, 0.25) is 0 Å². The number of pyridine rings is 1. The van der Waals surface area contributed by atoms with E-state index in [1.165, 1.54) is 25.3 Å². The van der Waals surface area contributed by atoms with E-state index in [9.17, 15) is 29.4 Å². The highest BCUT2D eigenvalue weighted by molar-refractivity contribution is 6.07. The number of rotatable bonds is 9. The van der Waals surface area contributed by atoms with E-state index in [4.69, 9.17) is 20.0 Å². The lowest BCUT2D eigenvalue weighted by Gasteiger charge is -2.15. The molecule has 0 fully saturated rings. The molecule has 3 aromatic rings. The Morgan fingerprint density at radius 2 is 1.66 bits per heavy atom. The van der Waals surface area contributed by atoms with Crippen LogP contribution in [0.1, 0.15) is 26.3 Å². The third kappa shape index (κ3) is 5.50. The summed E-state index contributed by atoms with van der Waals surface area (Å²) in [4.78, 5) is 54.7. The summed E-state index contributed by atoms with van der Waals surface area (Å²) in [5, 5.41) is 19.1. The molecule has 1 heterocycles. The van der Waals surface area contributed by atoms with Gasteiger partial charge in [-0.1, -0.05) is 23.8 Å². The number of methoxy groups -OCH3 is 1. The van der Waals surface area contributed by atoms with Gasteiger partial charge in [-0.25, -0.2) is 19.9 Å². The second kappa shape index (κ2) is 10.3. The lowest BCUT2D eigenvalue weighted by Crippen LogP contribution is -2.24. The molecule has 12 heteroatoms. The van der Waals surface area contributed by atoms with Gasteiger partial charge in [-0.05, 0) is 36.8 Å². The van der Waals surface area contributed by atoms with E-state index in [0.29, 0.717) is 5.69 Å². The second-order valence-electron chi connectivity index (χ2n) is 7.20. The van der Waals surface area contributed by atoms with E-state index in [1.54, 1.807) is 12.1 Å². The Bertz CT molecular complexity index is 1350. The van der Waals surface area contributed by atoms with Gasteiger partial charge < -0.3 is 35.2 Å². The van der Waals surface area contributed by atoms with Crippen LogP contribution in [-0.4, -0.2) is 46.8 Å². The SMILES string of the molecule is COc1cc(-c2c(C(=O)O)c(N)[nH]c(=O)c2C(=O)O)ccc1OCC(=O)ONc1ccc(C)cc1. The Morgan fingerprint density at radius 3 is 2.26 bits per heavy atom. The normalized spacial score (nSPS) is 10.3. The van der Waals surface area contributed by atoms with Crippen molar-refractivity contribution in [2.75, 3.05) is 24.9 Å². The van der Waals surface area contributed by atoms with Crippen molar-refractivity contribution in [3.63, 3.8) is 0 Å². The molecule has 6 N–H and O–H groups in total. The molecule has 0 unspecified atom stereocenters. The maximum absolute atomic E-state index is 12.2. The molecule has 1 aromatic heterocycles. The Balaban J connectivity index is 1.86. The van der Waals surface area contributed by atoms with Gasteiger partial charge in [0.05, 0.1) is 12.8 Å². The van der Waals surface area contributed by atoms with Gasteiger partial charge in [0.1, 0.15) is 16.9 Å². The molecule has 0 bridgehead atoms. The highest BCUT2D eigenvalue weighted by Crippen LogP contribution is 2.36. The van der Waals surface area contributed by atoms with Crippen LogP contribution in [-0.2, 0) is 9.63 Å². The van der Waals surface area contributed by atoms with Crippen LogP contribution in [0.5, 0.6) is 11.5 Å². The Morgan fingerprint density at radius 1 is 1.00 bits per heavy atom. The molecule has 0 aliphatic heterocycles. The summed E-state index contributed by atoms with van der Waals surface area (Å²) < 4.78 is 10.7. The second-order valence-corrected chi connectivity index (χ2v) is 7.20. The lowest BCUT2D eigenvalue weighted by molar-refractivity contribution is -0.143. The van der Waals surface area contributed by atoms with Crippen LogP contribution in [0.25, 0.3) is 11.1 Å². The number of aromatic carboxylic acids is 2. The number of aromatic nitrogens is 1. The van der Waals surface area contributed by atoms with Crippen LogP contribution in [0.3, 0.4) is 0 Å². The molecule has 0 saturated heterocycles. The number of carbonyl (C=O) groups is 3. The molecule has 12 nitrogen and oxygen atoms in total. The van der Waals surface area contributed by atoms with Gasteiger partial charge in [-0.3, -0.25) is 4.79 Å². The number of nitrogens with one attached hydrogen (secondary N) is 2. The zero-order chi connectivity index (χ0) is 25.7. The van der Waals surface area contributed by atoms with Crippen molar-refractivity contribution < 1.29 is 38.9 Å². The minimum atomic E-state index is -1.65. The molecule has 0 atom stereocenters. The van der Waals surface area contributed by atoms with Gasteiger partial charge in [0.15, 0.2) is 18.1 Å². The monoisotopic (exact) mass is 483 g/mol. The number of aromatic amines is 1. The van der Waals surface area contributed by atoms with Crippen LogP contribution >= 0.6 is 0 Å². The number of benzene rings is 2. The number of carbonyl (C=O) groups excluding carboxylic acids is 1. The van der Waals surface area contributed by atoms with E-state index in [2.05, 4.69) is 5.48 Å². The third-order valence-corrected chi connectivity index (χ3v) is 4.80. The van der Waals surface area contributed by atoms with E-state index >= 15 is 0 Å². The van der Waals surface area contributed by atoms with Crippen molar-refractivity contribution in [3.8, 4) is 22.6 Å². The Hall–Kier alpha value is -5.00. The predicted molar refractivity (Wildman–Crippen MR) is 124 cm³/mol. The molecule has 3 rings (SSSR count). The summed E-state index contributed by atoms with van der Waals surface area (Å²) in [6.45, 7) is 1.41. The Labute approximate surface area is 197 Å². The summed E-state index contributed by atoms with van der Waals surface area (Å²) in [5.41, 5.74) is 6.88. The first-order valence-corrected chi connectivity index (χ1v) is 9.98. The van der Waals surface area contributed by atoms with E-state index in [0.717, 1.165) is 5.56 Å². The van der Waals surface area contributed by atoms with E-state index < -0.39 is 52.6 Å². The number of carboxylic acid groups (broad SMARTS) is 2. The van der Waals surface area contributed by atoms with Crippen molar-refractivity contribution in [3.05, 3.63) is 69.5 Å². The molecule has 35 heavy (non-hydrogen) atoms. The standard InChI is InChI=1S/C23H21N3O9/c1-11-3-6-13(7-4-11)26-35-16(27)10-34-14-8-5-12(9-15(14)33-2)17-18(22(29)30)20(24)25-21(28)19(17)23(31)32/h3-9,26H,10H2,1-2H3,(H,29,30)(H,31,32)(H3,24,25,28). The smallest absolute Gasteiger partial charge is 0.369 e. The summed E-state index contributed by atoms with van der Waals surface area (Å²) in [6, 6.07) is 11.0. The minimum Gasteiger partial charge on any atom is -0.493 e. The summed E-state index contributed by atoms with van der Waals surface area (Å²) in [7, 11) is 1.28. The van der Waals surface area contributed by atoms with Crippen molar-refractivity contribution in [2.45, 2.75) is 6.92 Å². The molecule has 0 aliphatic carbocycles. The van der Waals surface area contributed by atoms with Crippen LogP contribution in [0.15, 0.2) is 47.3 Å². The largest absolute Gasteiger partial charge is 0.493 e. The third-order valence-electron chi connectivity index (χ3n) is 4.80. The molecular formula is C23H21N3O9. The fourth-order valence-corrected chi connectivity index (χ4v) is 3.18. The number of hydrogen-bond acceptors (Lipinski definition) is 9. The zero-order valence-corrected chi connectivity index (χ0v) is 18.6. The molecule has 0 amide bonds. The number of hydrogen-bond donors (Lipinski definition) is 5. The molecular weight excluding hydrogens is 462 g/mol. The van der Waals surface area contributed by atoms with Crippen molar-refractivity contribution in [1.82, 2.24) is 4.98 Å². The molecule has 2 aromatic carbocycles.